The third-order valence-corrected chi connectivity index (χ3v) is 5.20. The number of nitrogen functional groups attached to an aromatic ring is 1. The maximum absolute atomic E-state index is 6.29. The summed E-state index contributed by atoms with van der Waals surface area (Å²) < 4.78 is 4.20. The minimum absolute atomic E-state index is 0. The number of nitrogens with zero attached hydrogens (tertiary/aromatic N) is 1. The monoisotopic (exact) mass is 365 g/mol. The van der Waals surface area contributed by atoms with E-state index in [4.69, 9.17) is 5.84 Å². The molecule has 1 aromatic heterocycles. The molecule has 3 aromatic rings. The Hall–Kier alpha value is -1.74. The molecule has 21 heavy (non-hydrogen) atoms. The smallest absolute Gasteiger partial charge is 1.00 e. The SMILES string of the molecule is Cc1[se]c(Nc2ccccc2)[n+](N)c1-c1ccccc1.[Cl-]. The molecule has 0 bridgehead atoms. The third-order valence-electron chi connectivity index (χ3n) is 3.12. The van der Waals surface area contributed by atoms with Crippen molar-refractivity contribution in [2.75, 3.05) is 11.2 Å². The van der Waals surface area contributed by atoms with Gasteiger partial charge in [-0.25, -0.2) is 0 Å². The molecule has 2 aromatic carbocycles. The van der Waals surface area contributed by atoms with Crippen molar-refractivity contribution in [3.8, 4) is 11.3 Å². The summed E-state index contributed by atoms with van der Waals surface area (Å²) in [6.45, 7) is 2.15. The average molecular weight is 365 g/mol. The molecule has 0 aliphatic heterocycles. The Kier molecular flexibility index (Phi) is 5.07. The van der Waals surface area contributed by atoms with Crippen LogP contribution in [0.15, 0.2) is 60.7 Å². The summed E-state index contributed by atoms with van der Waals surface area (Å²) in [5.74, 6) is 6.29. The van der Waals surface area contributed by atoms with Crippen molar-refractivity contribution in [2.45, 2.75) is 6.92 Å². The number of aryl methyl sites for hydroxylation is 1. The summed E-state index contributed by atoms with van der Waals surface area (Å²) in [7, 11) is 0. The average Bonchev–Trinajstić information content (AvgIpc) is 2.75. The molecule has 1 heterocycles. The van der Waals surface area contributed by atoms with Crippen molar-refractivity contribution in [1.29, 1.82) is 0 Å². The molecule has 0 radical (unpaired) electrons. The number of nitrogens with two attached hydrogens (primary N) is 1. The largest absolute Gasteiger partial charge is 1.00 e. The topological polar surface area (TPSA) is 41.9 Å². The van der Waals surface area contributed by atoms with Gasteiger partial charge in [-0.1, -0.05) is 0 Å². The molecule has 0 unspecified atom stereocenters. The maximum Gasteiger partial charge on any atom is -1.00 e. The van der Waals surface area contributed by atoms with Gasteiger partial charge in [-0.15, -0.1) is 0 Å². The number of hydrogen-bond acceptors (Lipinski definition) is 2. The molecule has 0 saturated carbocycles. The Labute approximate surface area is 136 Å². The normalized spacial score (nSPS) is 9.95. The van der Waals surface area contributed by atoms with Gasteiger partial charge in [0.05, 0.1) is 0 Å². The zero-order chi connectivity index (χ0) is 13.9. The first-order valence-electron chi connectivity index (χ1n) is 6.44. The van der Waals surface area contributed by atoms with Gasteiger partial charge in [-0.05, 0) is 0 Å². The van der Waals surface area contributed by atoms with E-state index in [0.29, 0.717) is 0 Å². The Morgan fingerprint density at radius 3 is 2.14 bits per heavy atom. The van der Waals surface area contributed by atoms with E-state index in [1.54, 1.807) is 4.68 Å². The minimum atomic E-state index is 0. The number of aromatic nitrogens is 1. The van der Waals surface area contributed by atoms with E-state index in [1.807, 2.05) is 48.5 Å². The molecule has 0 aliphatic carbocycles. The van der Waals surface area contributed by atoms with Crippen LogP contribution in [0.4, 0.5) is 10.4 Å². The number of rotatable bonds is 3. The maximum atomic E-state index is 6.29. The summed E-state index contributed by atoms with van der Waals surface area (Å²) in [6, 6.07) is 20.4. The van der Waals surface area contributed by atoms with Crippen LogP contribution in [0.5, 0.6) is 0 Å². The second kappa shape index (κ2) is 6.81. The van der Waals surface area contributed by atoms with Gasteiger partial charge in [0.25, 0.3) is 0 Å². The van der Waals surface area contributed by atoms with Crippen molar-refractivity contribution in [2.24, 2.45) is 0 Å². The van der Waals surface area contributed by atoms with E-state index < -0.39 is 0 Å². The van der Waals surface area contributed by atoms with E-state index in [0.717, 1.165) is 16.1 Å². The van der Waals surface area contributed by atoms with Crippen LogP contribution in [0.1, 0.15) is 4.44 Å². The molecule has 5 heteroatoms. The number of para-hydroxylation sites is 1. The van der Waals surface area contributed by atoms with Crippen molar-refractivity contribution in [1.82, 2.24) is 0 Å². The van der Waals surface area contributed by atoms with E-state index in [2.05, 4.69) is 24.4 Å². The van der Waals surface area contributed by atoms with Gasteiger partial charge < -0.3 is 12.4 Å². The Balaban J connectivity index is 0.00000161. The molecule has 0 amide bonds. The van der Waals surface area contributed by atoms with E-state index in [-0.39, 0.29) is 26.9 Å². The minimum Gasteiger partial charge on any atom is -1.00 e. The molecule has 108 valence electrons. The molecule has 0 atom stereocenters. The van der Waals surface area contributed by atoms with Crippen LogP contribution in [-0.2, 0) is 0 Å². The van der Waals surface area contributed by atoms with E-state index in [9.17, 15) is 0 Å². The first-order valence-corrected chi connectivity index (χ1v) is 8.15. The molecule has 0 spiro atoms. The number of hydrogen-bond donors (Lipinski definition) is 2. The zero-order valence-electron chi connectivity index (χ0n) is 11.6. The van der Waals surface area contributed by atoms with Gasteiger partial charge >= 0.3 is 124 Å². The van der Waals surface area contributed by atoms with Crippen molar-refractivity contribution in [3.63, 3.8) is 0 Å². The van der Waals surface area contributed by atoms with Crippen LogP contribution >= 0.6 is 0 Å². The predicted molar refractivity (Wildman–Crippen MR) is 83.6 cm³/mol. The molecule has 3 rings (SSSR count). The first kappa shape index (κ1) is 15.6. The molecule has 0 aliphatic rings. The second-order valence-corrected chi connectivity index (χ2v) is 7.06. The van der Waals surface area contributed by atoms with E-state index >= 15 is 0 Å². The van der Waals surface area contributed by atoms with Gasteiger partial charge in [0.2, 0.25) is 0 Å². The fraction of sp³-hybridized carbons (Fsp3) is 0.0625. The summed E-state index contributed by atoms with van der Waals surface area (Å²) >= 11 is 0.232. The predicted octanol–water partition coefficient (Wildman–Crippen LogP) is -0.532. The van der Waals surface area contributed by atoms with Gasteiger partial charge in [0, 0.05) is 0 Å². The number of benzene rings is 2. The fourth-order valence-corrected chi connectivity index (χ4v) is 4.20. The quantitative estimate of drug-likeness (QED) is 0.373. The summed E-state index contributed by atoms with van der Waals surface area (Å²) in [5, 5.41) is 3.42. The second-order valence-electron chi connectivity index (χ2n) is 4.54. The Morgan fingerprint density at radius 2 is 1.52 bits per heavy atom. The molecule has 3 N–H and O–H groups in total. The summed E-state index contributed by atoms with van der Waals surface area (Å²) in [6.07, 6.45) is 0. The van der Waals surface area contributed by atoms with Gasteiger partial charge in [-0.3, -0.25) is 0 Å². The number of halogens is 1. The Bertz CT molecular complexity index is 711. The first-order chi connectivity index (χ1) is 9.75. The van der Waals surface area contributed by atoms with Crippen LogP contribution in [-0.4, -0.2) is 14.5 Å². The number of anilines is 2. The third kappa shape index (κ3) is 3.30. The van der Waals surface area contributed by atoms with Crippen molar-refractivity contribution in [3.05, 3.63) is 65.1 Å². The van der Waals surface area contributed by atoms with E-state index in [1.165, 1.54) is 10.0 Å². The number of nitrogens with one attached hydrogen (secondary N) is 1. The van der Waals surface area contributed by atoms with Crippen molar-refractivity contribution < 1.29 is 17.1 Å². The van der Waals surface area contributed by atoms with Crippen LogP contribution in [0.3, 0.4) is 0 Å². The standard InChI is InChI=1S/C16H15N3Se.ClH/c1-12-15(13-8-4-2-5-9-13)19(17)16(20-12)18-14-10-6-3-7-11-14;/h2-11H,17H2,1H3;1H. The van der Waals surface area contributed by atoms with Gasteiger partial charge in [0.15, 0.2) is 0 Å². The molecule has 3 nitrogen and oxygen atoms in total. The zero-order valence-corrected chi connectivity index (χ0v) is 14.1. The van der Waals surface area contributed by atoms with Gasteiger partial charge in [-0.2, -0.15) is 0 Å². The molecular weight excluding hydrogens is 349 g/mol. The fourth-order valence-electron chi connectivity index (χ4n) is 2.18. The van der Waals surface area contributed by atoms with Crippen LogP contribution in [0, 0.1) is 6.92 Å². The summed E-state index contributed by atoms with van der Waals surface area (Å²) in [4.78, 5) is 0. The molecular formula is C16H16ClN3Se. The van der Waals surface area contributed by atoms with Gasteiger partial charge in [0.1, 0.15) is 0 Å². The summed E-state index contributed by atoms with van der Waals surface area (Å²) in [5.41, 5.74) is 3.35. The van der Waals surface area contributed by atoms with Crippen LogP contribution in [0.2, 0.25) is 0 Å². The van der Waals surface area contributed by atoms with Crippen molar-refractivity contribution >= 4 is 24.9 Å². The molecule has 0 saturated heterocycles. The van der Waals surface area contributed by atoms with Crippen LogP contribution in [0.25, 0.3) is 11.3 Å². The molecule has 0 fully saturated rings. The Morgan fingerprint density at radius 1 is 0.952 bits per heavy atom. The van der Waals surface area contributed by atoms with Crippen LogP contribution < -0.4 is 28.2 Å².